The molecule has 2 rings (SSSR count). The molecule has 0 aliphatic heterocycles. The van der Waals surface area contributed by atoms with Gasteiger partial charge in [-0.3, -0.25) is 0 Å². The van der Waals surface area contributed by atoms with Crippen LogP contribution in [0.4, 0.5) is 0 Å². The molecule has 0 fully saturated rings. The summed E-state index contributed by atoms with van der Waals surface area (Å²) < 4.78 is 7.51. The minimum absolute atomic E-state index is 0.695. The minimum Gasteiger partial charge on any atom is -0.496 e. The van der Waals surface area contributed by atoms with E-state index < -0.39 is 0 Å². The van der Waals surface area contributed by atoms with Gasteiger partial charge in [-0.2, -0.15) is 0 Å². The first kappa shape index (κ1) is 13.6. The van der Waals surface area contributed by atoms with E-state index in [1.807, 2.05) is 18.5 Å². The molecule has 0 spiro atoms. The lowest BCUT2D eigenvalue weighted by Crippen LogP contribution is -2.06. The topological polar surface area (TPSA) is 53.1 Å². The third-order valence-electron chi connectivity index (χ3n) is 3.24. The maximum absolute atomic E-state index is 5.57. The molecule has 1 aromatic carbocycles. The van der Waals surface area contributed by atoms with Crippen molar-refractivity contribution >= 4 is 0 Å². The van der Waals surface area contributed by atoms with E-state index >= 15 is 0 Å². The molecule has 0 bridgehead atoms. The second-order valence-electron chi connectivity index (χ2n) is 4.47. The summed E-state index contributed by atoms with van der Waals surface area (Å²) in [5.41, 5.74) is 7.89. The van der Waals surface area contributed by atoms with Crippen molar-refractivity contribution in [2.45, 2.75) is 26.3 Å². The van der Waals surface area contributed by atoms with Crippen molar-refractivity contribution < 1.29 is 4.74 Å². The lowest BCUT2D eigenvalue weighted by atomic mass is 10.1. The normalized spacial score (nSPS) is 10.7. The Balaban J connectivity index is 2.33. The van der Waals surface area contributed by atoms with Gasteiger partial charge in [-0.15, -0.1) is 0 Å². The van der Waals surface area contributed by atoms with Crippen molar-refractivity contribution in [2.24, 2.45) is 5.73 Å². The molecule has 0 aliphatic rings. The molecule has 1 aromatic heterocycles. The molecule has 0 aliphatic carbocycles. The molecule has 0 atom stereocenters. The summed E-state index contributed by atoms with van der Waals surface area (Å²) in [6.45, 7) is 3.72. The first-order chi connectivity index (χ1) is 9.30. The van der Waals surface area contributed by atoms with E-state index in [2.05, 4.69) is 28.6 Å². The zero-order valence-electron chi connectivity index (χ0n) is 11.6. The highest BCUT2D eigenvalue weighted by atomic mass is 16.5. The van der Waals surface area contributed by atoms with Gasteiger partial charge in [0, 0.05) is 24.5 Å². The lowest BCUT2D eigenvalue weighted by molar-refractivity contribution is 0.410. The fourth-order valence-corrected chi connectivity index (χ4v) is 2.21. The van der Waals surface area contributed by atoms with Crippen LogP contribution in [0.3, 0.4) is 0 Å². The number of hydrogen-bond acceptors (Lipinski definition) is 3. The van der Waals surface area contributed by atoms with Crippen LogP contribution in [0.15, 0.2) is 30.6 Å². The van der Waals surface area contributed by atoms with Crippen LogP contribution >= 0.6 is 0 Å². The zero-order valence-corrected chi connectivity index (χ0v) is 11.6. The van der Waals surface area contributed by atoms with Gasteiger partial charge >= 0.3 is 0 Å². The van der Waals surface area contributed by atoms with Crippen LogP contribution in [-0.4, -0.2) is 23.2 Å². The number of imidazole rings is 1. The Morgan fingerprint density at radius 2 is 2.21 bits per heavy atom. The molecule has 4 heteroatoms. The Labute approximate surface area is 114 Å². The zero-order chi connectivity index (χ0) is 13.7. The summed E-state index contributed by atoms with van der Waals surface area (Å²) >= 11 is 0. The lowest BCUT2D eigenvalue weighted by Gasteiger charge is -2.11. The SMILES string of the molecule is CCc1cc(-c2nccn2CCCN)ccc1OC. The smallest absolute Gasteiger partial charge is 0.139 e. The number of aromatic nitrogens is 2. The summed E-state index contributed by atoms with van der Waals surface area (Å²) in [6.07, 6.45) is 5.74. The Hall–Kier alpha value is -1.81. The van der Waals surface area contributed by atoms with E-state index in [-0.39, 0.29) is 0 Å². The van der Waals surface area contributed by atoms with Gasteiger partial charge in [0.05, 0.1) is 7.11 Å². The molecular weight excluding hydrogens is 238 g/mol. The quantitative estimate of drug-likeness (QED) is 0.867. The van der Waals surface area contributed by atoms with Crippen LogP contribution in [0.5, 0.6) is 5.75 Å². The van der Waals surface area contributed by atoms with Crippen LogP contribution in [0, 0.1) is 0 Å². The highest BCUT2D eigenvalue weighted by Crippen LogP contribution is 2.26. The molecular formula is C15H21N3O. The van der Waals surface area contributed by atoms with Gasteiger partial charge in [0.1, 0.15) is 11.6 Å². The highest BCUT2D eigenvalue weighted by molar-refractivity contribution is 5.59. The predicted molar refractivity (Wildman–Crippen MR) is 77.3 cm³/mol. The molecule has 0 radical (unpaired) electrons. The number of hydrogen-bond donors (Lipinski definition) is 1. The first-order valence-corrected chi connectivity index (χ1v) is 6.68. The molecule has 0 unspecified atom stereocenters. The maximum atomic E-state index is 5.57. The fraction of sp³-hybridized carbons (Fsp3) is 0.400. The van der Waals surface area contributed by atoms with Crippen LogP contribution < -0.4 is 10.5 Å². The Morgan fingerprint density at radius 3 is 2.89 bits per heavy atom. The predicted octanol–water partition coefficient (Wildman–Crippen LogP) is 2.47. The largest absolute Gasteiger partial charge is 0.496 e. The molecule has 19 heavy (non-hydrogen) atoms. The molecule has 102 valence electrons. The Bertz CT molecular complexity index is 534. The maximum Gasteiger partial charge on any atom is 0.139 e. The Kier molecular flexibility index (Phi) is 4.58. The van der Waals surface area contributed by atoms with E-state index in [4.69, 9.17) is 10.5 Å². The third-order valence-corrected chi connectivity index (χ3v) is 3.24. The van der Waals surface area contributed by atoms with Gasteiger partial charge in [-0.1, -0.05) is 6.92 Å². The van der Waals surface area contributed by atoms with E-state index in [9.17, 15) is 0 Å². The number of aryl methyl sites for hydroxylation is 2. The first-order valence-electron chi connectivity index (χ1n) is 6.68. The average molecular weight is 259 g/mol. The molecule has 2 aromatic rings. The Morgan fingerprint density at radius 1 is 1.37 bits per heavy atom. The van der Waals surface area contributed by atoms with Gasteiger partial charge in [-0.05, 0) is 43.1 Å². The monoisotopic (exact) mass is 259 g/mol. The number of rotatable bonds is 6. The summed E-state index contributed by atoms with van der Waals surface area (Å²) in [6, 6.07) is 6.22. The molecule has 4 nitrogen and oxygen atoms in total. The number of nitrogens with two attached hydrogens (primary N) is 1. The van der Waals surface area contributed by atoms with Crippen LogP contribution in [0.1, 0.15) is 18.9 Å². The number of benzene rings is 1. The number of nitrogens with zero attached hydrogens (tertiary/aromatic N) is 2. The van der Waals surface area contributed by atoms with Crippen molar-refractivity contribution in [3.63, 3.8) is 0 Å². The molecule has 0 saturated heterocycles. The van der Waals surface area contributed by atoms with E-state index in [1.54, 1.807) is 7.11 Å². The summed E-state index contributed by atoms with van der Waals surface area (Å²) in [7, 11) is 1.70. The van der Waals surface area contributed by atoms with Crippen molar-refractivity contribution in [3.8, 4) is 17.1 Å². The minimum atomic E-state index is 0.695. The second kappa shape index (κ2) is 6.38. The number of methoxy groups -OCH3 is 1. The van der Waals surface area contributed by atoms with Crippen LogP contribution in [0.2, 0.25) is 0 Å². The average Bonchev–Trinajstić information content (AvgIpc) is 2.92. The highest BCUT2D eigenvalue weighted by Gasteiger charge is 2.09. The second-order valence-corrected chi connectivity index (χ2v) is 4.47. The summed E-state index contributed by atoms with van der Waals surface area (Å²) in [5, 5.41) is 0. The molecule has 1 heterocycles. The van der Waals surface area contributed by atoms with E-state index in [1.165, 1.54) is 5.56 Å². The van der Waals surface area contributed by atoms with E-state index in [0.29, 0.717) is 6.54 Å². The van der Waals surface area contributed by atoms with Crippen LogP contribution in [0.25, 0.3) is 11.4 Å². The van der Waals surface area contributed by atoms with Crippen molar-refractivity contribution in [3.05, 3.63) is 36.2 Å². The van der Waals surface area contributed by atoms with Crippen LogP contribution in [-0.2, 0) is 13.0 Å². The van der Waals surface area contributed by atoms with Crippen molar-refractivity contribution in [2.75, 3.05) is 13.7 Å². The standard InChI is InChI=1S/C15H21N3O/c1-3-12-11-13(5-6-14(12)19-2)15-17-8-10-18(15)9-4-7-16/h5-6,8,10-11H,3-4,7,9,16H2,1-2H3. The number of ether oxygens (including phenoxy) is 1. The van der Waals surface area contributed by atoms with Crippen molar-refractivity contribution in [1.29, 1.82) is 0 Å². The third kappa shape index (κ3) is 2.96. The fourth-order valence-electron chi connectivity index (χ4n) is 2.21. The van der Waals surface area contributed by atoms with Crippen molar-refractivity contribution in [1.82, 2.24) is 9.55 Å². The van der Waals surface area contributed by atoms with Gasteiger partial charge in [0.25, 0.3) is 0 Å². The summed E-state index contributed by atoms with van der Waals surface area (Å²) in [5.74, 6) is 1.93. The molecule has 0 saturated carbocycles. The summed E-state index contributed by atoms with van der Waals surface area (Å²) in [4.78, 5) is 4.45. The van der Waals surface area contributed by atoms with Gasteiger partial charge in [-0.25, -0.2) is 4.98 Å². The van der Waals surface area contributed by atoms with E-state index in [0.717, 1.165) is 36.5 Å². The molecule has 0 amide bonds. The van der Waals surface area contributed by atoms with Gasteiger partial charge < -0.3 is 15.0 Å². The molecule has 2 N–H and O–H groups in total. The van der Waals surface area contributed by atoms with Gasteiger partial charge in [0.2, 0.25) is 0 Å². The van der Waals surface area contributed by atoms with Gasteiger partial charge in [0.15, 0.2) is 0 Å².